The average Bonchev–Trinajstić information content (AvgIpc) is 3.94. The molecule has 0 radical (unpaired) electrons. The van der Waals surface area contributed by atoms with E-state index in [2.05, 4.69) is 264 Å². The molecule has 0 atom stereocenters. The molecule has 318 valence electrons. The molecule has 0 aliphatic heterocycles. The first-order valence-electron chi connectivity index (χ1n) is 23.2. The quantitative estimate of drug-likeness (QED) is 0.153. The lowest BCUT2D eigenvalue weighted by molar-refractivity contribution is 1.17. The Kier molecular flexibility index (Phi) is 9.47. The predicted molar refractivity (Wildman–Crippen MR) is 283 cm³/mol. The van der Waals surface area contributed by atoms with Gasteiger partial charge in [0.25, 0.3) is 0 Å². The summed E-state index contributed by atoms with van der Waals surface area (Å²) in [5, 5.41) is 4.89. The monoisotopic (exact) mass is 866 g/mol. The number of hydrogen-bond acceptors (Lipinski definition) is 2. The minimum Gasteiger partial charge on any atom is -0.309 e. The molecule has 0 N–H and O–H groups in total. The van der Waals surface area contributed by atoms with Crippen LogP contribution in [0.2, 0.25) is 0 Å². The minimum absolute atomic E-state index is 0.885. The van der Waals surface area contributed by atoms with Crippen molar-refractivity contribution in [1.29, 1.82) is 0 Å². The van der Waals surface area contributed by atoms with Gasteiger partial charge in [-0.05, 0) is 95.1 Å². The molecule has 4 nitrogen and oxygen atoms in total. The molecule has 13 aromatic rings. The van der Waals surface area contributed by atoms with Crippen molar-refractivity contribution in [3.63, 3.8) is 0 Å². The molecule has 9 aromatic carbocycles. The van der Waals surface area contributed by atoms with Crippen molar-refractivity contribution in [3.8, 4) is 78.7 Å². The van der Waals surface area contributed by atoms with Crippen molar-refractivity contribution in [3.05, 3.63) is 255 Å². The summed E-state index contributed by atoms with van der Waals surface area (Å²) in [6.45, 7) is 0. The van der Waals surface area contributed by atoms with Gasteiger partial charge in [-0.1, -0.05) is 182 Å². The second-order valence-corrected chi connectivity index (χ2v) is 17.3. The molecule has 4 heteroatoms. The van der Waals surface area contributed by atoms with Gasteiger partial charge in [-0.2, -0.15) is 0 Å². The molecule has 0 amide bonds. The van der Waals surface area contributed by atoms with E-state index in [0.29, 0.717) is 0 Å². The van der Waals surface area contributed by atoms with Crippen LogP contribution in [0.15, 0.2) is 255 Å². The zero-order valence-corrected chi connectivity index (χ0v) is 37.0. The maximum atomic E-state index is 5.59. The summed E-state index contributed by atoms with van der Waals surface area (Å²) in [4.78, 5) is 10.8. The van der Waals surface area contributed by atoms with Gasteiger partial charge in [0.1, 0.15) is 0 Å². The van der Waals surface area contributed by atoms with Gasteiger partial charge in [0.2, 0.25) is 0 Å². The molecule has 0 saturated heterocycles. The number of aromatic nitrogens is 4. The van der Waals surface area contributed by atoms with E-state index in [4.69, 9.17) is 9.97 Å². The first-order valence-corrected chi connectivity index (χ1v) is 23.2. The summed E-state index contributed by atoms with van der Waals surface area (Å²) >= 11 is 0. The molecule has 68 heavy (non-hydrogen) atoms. The molecule has 0 aliphatic rings. The number of para-hydroxylation sites is 3. The van der Waals surface area contributed by atoms with Crippen LogP contribution in [0, 0.1) is 0 Å². The smallest absolute Gasteiger partial charge is 0.0737 e. The second kappa shape index (κ2) is 16.4. The van der Waals surface area contributed by atoms with E-state index in [1.807, 2.05) is 0 Å². The summed E-state index contributed by atoms with van der Waals surface area (Å²) in [7, 11) is 0. The van der Waals surface area contributed by atoms with Gasteiger partial charge in [0.15, 0.2) is 0 Å². The Hall–Kier alpha value is -9.12. The van der Waals surface area contributed by atoms with Crippen LogP contribution in [-0.4, -0.2) is 19.1 Å². The third kappa shape index (κ3) is 6.69. The van der Waals surface area contributed by atoms with Crippen molar-refractivity contribution in [1.82, 2.24) is 19.1 Å². The third-order valence-electron chi connectivity index (χ3n) is 13.3. The lowest BCUT2D eigenvalue weighted by Gasteiger charge is -2.18. The van der Waals surface area contributed by atoms with Gasteiger partial charge < -0.3 is 9.13 Å². The zero-order chi connectivity index (χ0) is 45.0. The molecule has 13 rings (SSSR count). The highest BCUT2D eigenvalue weighted by Gasteiger charge is 2.23. The molecule has 0 aliphatic carbocycles. The van der Waals surface area contributed by atoms with Gasteiger partial charge >= 0.3 is 0 Å². The topological polar surface area (TPSA) is 35.6 Å². The van der Waals surface area contributed by atoms with Crippen molar-refractivity contribution in [2.45, 2.75) is 0 Å². The number of fused-ring (bicyclic) bond motifs is 7. The van der Waals surface area contributed by atoms with Gasteiger partial charge in [-0.15, -0.1) is 0 Å². The summed E-state index contributed by atoms with van der Waals surface area (Å²) in [6, 6.07) is 91.0. The minimum atomic E-state index is 0.885. The lowest BCUT2D eigenvalue weighted by atomic mass is 9.95. The normalized spacial score (nSPS) is 11.5. The standard InChI is InChI=1S/C64H42N4/c1-6-20-43(21-7-1)48-39-56(46-26-12-4-13-27-46)66-57(42-48)53-38-47(49-40-54(44-22-8-2-9-23-44)65-55(41-49)45-24-10-3-11-25-45)34-35-60(53)68-59-33-19-17-31-52(59)64-62(68)37-36-61-63(64)51-30-16-18-32-58(51)67(61)50-28-14-5-15-29-50/h1-42H. The molecule has 4 heterocycles. The second-order valence-electron chi connectivity index (χ2n) is 17.3. The molecule has 4 aromatic heterocycles. The summed E-state index contributed by atoms with van der Waals surface area (Å²) in [5.41, 5.74) is 19.0. The van der Waals surface area contributed by atoms with Crippen molar-refractivity contribution < 1.29 is 0 Å². The highest BCUT2D eigenvalue weighted by atomic mass is 15.0. The molecule has 0 fully saturated rings. The fourth-order valence-corrected chi connectivity index (χ4v) is 10.2. The van der Waals surface area contributed by atoms with Crippen molar-refractivity contribution >= 4 is 43.6 Å². The number of rotatable bonds is 8. The predicted octanol–water partition coefficient (Wildman–Crippen LogP) is 16.7. The van der Waals surface area contributed by atoms with Crippen LogP contribution in [-0.2, 0) is 0 Å². The van der Waals surface area contributed by atoms with E-state index < -0.39 is 0 Å². The number of benzene rings is 9. The number of nitrogens with zero attached hydrogens (tertiary/aromatic N) is 4. The Morgan fingerprint density at radius 1 is 0.250 bits per heavy atom. The summed E-state index contributed by atoms with van der Waals surface area (Å²) in [5.74, 6) is 0. The van der Waals surface area contributed by atoms with E-state index in [1.54, 1.807) is 0 Å². The largest absolute Gasteiger partial charge is 0.309 e. The molecule has 0 saturated carbocycles. The van der Waals surface area contributed by atoms with Crippen LogP contribution in [0.25, 0.3) is 122 Å². The van der Waals surface area contributed by atoms with Gasteiger partial charge in [0.05, 0.1) is 50.5 Å². The molecule has 0 bridgehead atoms. The van der Waals surface area contributed by atoms with Gasteiger partial charge in [-0.25, -0.2) is 9.97 Å². The van der Waals surface area contributed by atoms with Crippen LogP contribution in [0.3, 0.4) is 0 Å². The SMILES string of the molecule is c1ccc(-c2cc(-c3ccccc3)nc(-c3cc(-c4cc(-c5ccccc5)nc(-c5ccccc5)c4)ccc3-n3c4ccccc4c4c5c6ccccc6n(-c6ccccc6)c5ccc43)c2)cc1. The van der Waals surface area contributed by atoms with Gasteiger partial charge in [-0.3, -0.25) is 0 Å². The maximum Gasteiger partial charge on any atom is 0.0737 e. The first kappa shape index (κ1) is 39.3. The van der Waals surface area contributed by atoms with Crippen LogP contribution in [0.1, 0.15) is 0 Å². The Labute approximate surface area is 394 Å². The van der Waals surface area contributed by atoms with Crippen molar-refractivity contribution in [2.24, 2.45) is 0 Å². The first-order chi connectivity index (χ1) is 33.7. The molecular formula is C64H42N4. The third-order valence-corrected chi connectivity index (χ3v) is 13.3. The van der Waals surface area contributed by atoms with Gasteiger partial charge in [0, 0.05) is 49.5 Å². The van der Waals surface area contributed by atoms with Crippen LogP contribution in [0.5, 0.6) is 0 Å². The Bertz CT molecular complexity index is 3870. The summed E-state index contributed by atoms with van der Waals surface area (Å²) < 4.78 is 4.87. The molecular weight excluding hydrogens is 825 g/mol. The molecule has 0 spiro atoms. The van der Waals surface area contributed by atoms with E-state index >= 15 is 0 Å². The fourth-order valence-electron chi connectivity index (χ4n) is 10.2. The Morgan fingerprint density at radius 2 is 0.647 bits per heavy atom. The maximum absolute atomic E-state index is 5.59. The Morgan fingerprint density at radius 3 is 1.18 bits per heavy atom. The lowest BCUT2D eigenvalue weighted by Crippen LogP contribution is -2.00. The number of hydrogen-bond donors (Lipinski definition) is 0. The highest BCUT2D eigenvalue weighted by Crippen LogP contribution is 2.45. The summed E-state index contributed by atoms with van der Waals surface area (Å²) in [6.07, 6.45) is 0. The van der Waals surface area contributed by atoms with Crippen LogP contribution < -0.4 is 0 Å². The van der Waals surface area contributed by atoms with E-state index in [9.17, 15) is 0 Å². The highest BCUT2D eigenvalue weighted by molar-refractivity contribution is 6.29. The Balaban J connectivity index is 1.12. The fraction of sp³-hybridized carbons (Fsp3) is 0. The average molecular weight is 867 g/mol. The van der Waals surface area contributed by atoms with E-state index in [0.717, 1.165) is 89.7 Å². The number of pyridine rings is 2. The van der Waals surface area contributed by atoms with Crippen molar-refractivity contribution in [2.75, 3.05) is 0 Å². The van der Waals surface area contributed by atoms with Crippen LogP contribution in [0.4, 0.5) is 0 Å². The van der Waals surface area contributed by atoms with Crippen LogP contribution >= 0.6 is 0 Å². The molecule has 0 unspecified atom stereocenters. The van der Waals surface area contributed by atoms with E-state index in [1.165, 1.54) is 32.6 Å². The zero-order valence-electron chi connectivity index (χ0n) is 37.0. The van der Waals surface area contributed by atoms with E-state index in [-0.39, 0.29) is 0 Å².